The van der Waals surface area contributed by atoms with Crippen LogP contribution in [0.5, 0.6) is 0 Å². The highest BCUT2D eigenvalue weighted by atomic mass is 16.5. The Labute approximate surface area is 111 Å². The number of nitrogens with one attached hydrogen (secondary N) is 1. The second kappa shape index (κ2) is 5.17. The third-order valence-corrected chi connectivity index (χ3v) is 4.55. The van der Waals surface area contributed by atoms with Crippen LogP contribution in [-0.2, 0) is 9.53 Å². The van der Waals surface area contributed by atoms with Gasteiger partial charge in [-0.05, 0) is 46.0 Å². The molecule has 1 aliphatic heterocycles. The van der Waals surface area contributed by atoms with Crippen LogP contribution in [-0.4, -0.2) is 31.2 Å². The smallest absolute Gasteiger partial charge is 0.227 e. The minimum atomic E-state index is -0.575. The largest absolute Gasteiger partial charge is 0.381 e. The van der Waals surface area contributed by atoms with Crippen molar-refractivity contribution in [2.45, 2.75) is 53.0 Å². The van der Waals surface area contributed by atoms with Gasteiger partial charge < -0.3 is 15.8 Å². The Morgan fingerprint density at radius 3 is 2.22 bits per heavy atom. The van der Waals surface area contributed by atoms with Crippen molar-refractivity contribution in [3.8, 4) is 0 Å². The van der Waals surface area contributed by atoms with E-state index >= 15 is 0 Å². The summed E-state index contributed by atoms with van der Waals surface area (Å²) in [4.78, 5) is 12.3. The van der Waals surface area contributed by atoms with Crippen molar-refractivity contribution in [2.75, 3.05) is 19.8 Å². The zero-order chi connectivity index (χ0) is 14.0. The Bertz CT molecular complexity index is 299. The van der Waals surface area contributed by atoms with Crippen LogP contribution in [0.2, 0.25) is 0 Å². The first kappa shape index (κ1) is 15.4. The summed E-state index contributed by atoms with van der Waals surface area (Å²) in [7, 11) is 0. The van der Waals surface area contributed by atoms with E-state index in [-0.39, 0.29) is 11.3 Å². The number of carbonyl (C=O) groups is 1. The molecule has 1 heterocycles. The Hall–Kier alpha value is -0.610. The van der Waals surface area contributed by atoms with Crippen LogP contribution in [0.4, 0.5) is 0 Å². The molecule has 0 aliphatic carbocycles. The van der Waals surface area contributed by atoms with Crippen LogP contribution in [0.1, 0.15) is 47.5 Å². The molecule has 1 aliphatic rings. The van der Waals surface area contributed by atoms with Crippen LogP contribution in [0, 0.1) is 10.8 Å². The van der Waals surface area contributed by atoms with E-state index in [0.717, 1.165) is 26.1 Å². The summed E-state index contributed by atoms with van der Waals surface area (Å²) in [6.45, 7) is 12.1. The van der Waals surface area contributed by atoms with E-state index in [4.69, 9.17) is 10.5 Å². The maximum atomic E-state index is 12.3. The van der Waals surface area contributed by atoms with Gasteiger partial charge >= 0.3 is 0 Å². The van der Waals surface area contributed by atoms with Crippen molar-refractivity contribution < 1.29 is 9.53 Å². The molecule has 0 bridgehead atoms. The van der Waals surface area contributed by atoms with Gasteiger partial charge in [0.25, 0.3) is 0 Å². The fourth-order valence-electron chi connectivity index (χ4n) is 1.85. The molecule has 4 heteroatoms. The molecule has 1 rings (SSSR count). The second-order valence-corrected chi connectivity index (χ2v) is 6.95. The van der Waals surface area contributed by atoms with Crippen molar-refractivity contribution in [1.82, 2.24) is 5.32 Å². The molecule has 0 aromatic rings. The summed E-state index contributed by atoms with van der Waals surface area (Å²) < 4.78 is 5.36. The summed E-state index contributed by atoms with van der Waals surface area (Å²) in [5, 5.41) is 3.07. The molecule has 1 fully saturated rings. The number of carbonyl (C=O) groups excluding carboxylic acids is 1. The number of hydrogen-bond donors (Lipinski definition) is 2. The Kier molecular flexibility index (Phi) is 4.44. The molecule has 0 spiro atoms. The number of hydrogen-bond acceptors (Lipinski definition) is 3. The summed E-state index contributed by atoms with van der Waals surface area (Å²) >= 11 is 0. The molecule has 1 amide bonds. The van der Waals surface area contributed by atoms with E-state index in [2.05, 4.69) is 12.2 Å². The van der Waals surface area contributed by atoms with E-state index in [1.165, 1.54) is 0 Å². The van der Waals surface area contributed by atoms with Gasteiger partial charge in [-0.2, -0.15) is 0 Å². The van der Waals surface area contributed by atoms with E-state index in [1.807, 2.05) is 27.7 Å². The lowest BCUT2D eigenvalue weighted by Gasteiger charge is -2.39. The first-order chi connectivity index (χ1) is 8.08. The third-order valence-electron chi connectivity index (χ3n) is 4.55. The van der Waals surface area contributed by atoms with E-state index < -0.39 is 11.0 Å². The summed E-state index contributed by atoms with van der Waals surface area (Å²) in [6, 6.07) is 0. The van der Waals surface area contributed by atoms with Gasteiger partial charge in [0, 0.05) is 25.3 Å². The monoisotopic (exact) mass is 256 g/mol. The Balaban J connectivity index is 2.55. The zero-order valence-corrected chi connectivity index (χ0v) is 12.4. The average molecular weight is 256 g/mol. The van der Waals surface area contributed by atoms with Crippen molar-refractivity contribution in [2.24, 2.45) is 16.6 Å². The van der Waals surface area contributed by atoms with Crippen LogP contribution < -0.4 is 11.1 Å². The van der Waals surface area contributed by atoms with Gasteiger partial charge in [-0.25, -0.2) is 0 Å². The maximum Gasteiger partial charge on any atom is 0.227 e. The standard InChI is InChI=1S/C14H28N2O2/c1-12(2,13(3,4)15)11(17)16-10-14(5)6-8-18-9-7-14/h6-10,15H2,1-5H3,(H,16,17). The first-order valence-electron chi connectivity index (χ1n) is 6.73. The minimum absolute atomic E-state index is 0.0303. The molecule has 1 saturated heterocycles. The summed E-state index contributed by atoms with van der Waals surface area (Å²) in [5.41, 5.74) is 5.12. The number of nitrogens with two attached hydrogens (primary N) is 1. The van der Waals surface area contributed by atoms with Gasteiger partial charge in [0.15, 0.2) is 0 Å². The highest BCUT2D eigenvalue weighted by molar-refractivity contribution is 5.83. The molecule has 0 saturated carbocycles. The van der Waals surface area contributed by atoms with Gasteiger partial charge in [-0.3, -0.25) is 4.79 Å². The van der Waals surface area contributed by atoms with Gasteiger partial charge in [-0.15, -0.1) is 0 Å². The SMILES string of the molecule is CC1(CNC(=O)C(C)(C)C(C)(C)N)CCOCC1. The topological polar surface area (TPSA) is 64.4 Å². The number of ether oxygens (including phenoxy) is 1. The van der Waals surface area contributed by atoms with Crippen LogP contribution in [0.25, 0.3) is 0 Å². The predicted octanol–water partition coefficient (Wildman–Crippen LogP) is 1.68. The lowest BCUT2D eigenvalue weighted by Crippen LogP contribution is -2.56. The van der Waals surface area contributed by atoms with Gasteiger partial charge in [0.2, 0.25) is 5.91 Å². The van der Waals surface area contributed by atoms with Gasteiger partial charge in [0.1, 0.15) is 0 Å². The van der Waals surface area contributed by atoms with E-state index in [0.29, 0.717) is 6.54 Å². The number of rotatable bonds is 4. The Morgan fingerprint density at radius 1 is 1.28 bits per heavy atom. The lowest BCUT2D eigenvalue weighted by atomic mass is 9.74. The molecule has 3 N–H and O–H groups in total. The van der Waals surface area contributed by atoms with Gasteiger partial charge in [0.05, 0.1) is 5.41 Å². The van der Waals surface area contributed by atoms with Crippen molar-refractivity contribution in [3.05, 3.63) is 0 Å². The molecule has 0 aromatic carbocycles. The van der Waals surface area contributed by atoms with Crippen molar-refractivity contribution >= 4 is 5.91 Å². The normalized spacial score (nSPS) is 20.6. The van der Waals surface area contributed by atoms with Crippen molar-refractivity contribution in [1.29, 1.82) is 0 Å². The lowest BCUT2D eigenvalue weighted by molar-refractivity contribution is -0.133. The quantitative estimate of drug-likeness (QED) is 0.804. The van der Waals surface area contributed by atoms with Crippen LogP contribution in [0.3, 0.4) is 0 Å². The summed E-state index contributed by atoms with van der Waals surface area (Å²) in [6.07, 6.45) is 2.00. The highest BCUT2D eigenvalue weighted by Crippen LogP contribution is 2.31. The molecule has 0 atom stereocenters. The average Bonchev–Trinajstić information content (AvgIpc) is 2.25. The molecular formula is C14H28N2O2. The summed E-state index contributed by atoms with van der Waals surface area (Å²) in [5.74, 6) is 0.0303. The van der Waals surface area contributed by atoms with Crippen LogP contribution in [0.15, 0.2) is 0 Å². The predicted molar refractivity (Wildman–Crippen MR) is 73.2 cm³/mol. The fraction of sp³-hybridized carbons (Fsp3) is 0.929. The minimum Gasteiger partial charge on any atom is -0.381 e. The zero-order valence-electron chi connectivity index (χ0n) is 12.4. The Morgan fingerprint density at radius 2 is 1.78 bits per heavy atom. The fourth-order valence-corrected chi connectivity index (χ4v) is 1.85. The first-order valence-corrected chi connectivity index (χ1v) is 6.73. The molecule has 0 unspecified atom stereocenters. The second-order valence-electron chi connectivity index (χ2n) is 6.95. The molecule has 18 heavy (non-hydrogen) atoms. The molecule has 0 aromatic heterocycles. The van der Waals surface area contributed by atoms with Crippen LogP contribution >= 0.6 is 0 Å². The molecule has 106 valence electrons. The van der Waals surface area contributed by atoms with E-state index in [1.54, 1.807) is 0 Å². The number of amides is 1. The third kappa shape index (κ3) is 3.45. The van der Waals surface area contributed by atoms with Gasteiger partial charge in [-0.1, -0.05) is 6.92 Å². The van der Waals surface area contributed by atoms with E-state index in [9.17, 15) is 4.79 Å². The van der Waals surface area contributed by atoms with Crippen molar-refractivity contribution in [3.63, 3.8) is 0 Å². The molecule has 4 nitrogen and oxygen atoms in total. The molecular weight excluding hydrogens is 228 g/mol. The molecule has 0 radical (unpaired) electrons. The maximum absolute atomic E-state index is 12.3. The highest BCUT2D eigenvalue weighted by Gasteiger charge is 2.41.